The van der Waals surface area contributed by atoms with Gasteiger partial charge in [-0.1, -0.05) is 48.5 Å². The zero-order chi connectivity index (χ0) is 19.2. The molecule has 27 heavy (non-hydrogen) atoms. The minimum absolute atomic E-state index is 0.205. The number of hydrogen-bond donors (Lipinski definition) is 1. The number of fused-ring (bicyclic) bond motifs is 3. The molecule has 0 atom stereocenters. The smallest absolute Gasteiger partial charge is 0.454 e. The topological polar surface area (TPSA) is 40.5 Å². The lowest BCUT2D eigenvalue weighted by molar-refractivity contribution is -0.166. The van der Waals surface area contributed by atoms with Crippen LogP contribution in [0, 0.1) is 0 Å². The summed E-state index contributed by atoms with van der Waals surface area (Å²) in [6.45, 7) is -0.366. The highest BCUT2D eigenvalue weighted by molar-refractivity contribution is 6.11. The van der Waals surface area contributed by atoms with Crippen molar-refractivity contribution in [2.45, 2.75) is 6.18 Å². The molecule has 0 amide bonds. The molecule has 1 aliphatic heterocycles. The first-order chi connectivity index (χ1) is 12.9. The van der Waals surface area contributed by atoms with Gasteiger partial charge in [-0.2, -0.15) is 13.2 Å². The van der Waals surface area contributed by atoms with Gasteiger partial charge in [-0.05, 0) is 23.6 Å². The van der Waals surface area contributed by atoms with E-state index in [1.165, 1.54) is 0 Å². The van der Waals surface area contributed by atoms with E-state index in [-0.39, 0.29) is 12.1 Å². The molecule has 0 aromatic heterocycles. The van der Waals surface area contributed by atoms with Crippen molar-refractivity contribution < 1.29 is 23.1 Å². The van der Waals surface area contributed by atoms with Crippen LogP contribution in [0.1, 0.15) is 5.56 Å². The van der Waals surface area contributed by atoms with Gasteiger partial charge < -0.3 is 10.0 Å². The van der Waals surface area contributed by atoms with Crippen LogP contribution in [-0.4, -0.2) is 23.6 Å². The number of halogens is 3. The van der Waals surface area contributed by atoms with Crippen molar-refractivity contribution in [2.75, 3.05) is 11.4 Å². The SMILES string of the molecule is O=C(C1=C(O)c2ccc3ccccc3c2N(c2ccccc2)C1)C(F)(F)F. The van der Waals surface area contributed by atoms with Gasteiger partial charge in [-0.3, -0.25) is 4.79 Å². The third kappa shape index (κ3) is 2.83. The third-order valence-electron chi connectivity index (χ3n) is 4.63. The molecule has 6 heteroatoms. The predicted molar refractivity (Wildman–Crippen MR) is 98.0 cm³/mol. The molecule has 0 bridgehead atoms. The molecule has 0 fully saturated rings. The van der Waals surface area contributed by atoms with Gasteiger partial charge in [0.15, 0.2) is 0 Å². The first-order valence-electron chi connectivity index (χ1n) is 8.26. The minimum atomic E-state index is -5.06. The standard InChI is InChI=1S/C21H14F3NO2/c22-21(23,24)20(27)17-12-25(14-7-2-1-3-8-14)18-15-9-5-4-6-13(15)10-11-16(18)19(17)26/h1-11,26H,12H2. The average Bonchev–Trinajstić information content (AvgIpc) is 2.67. The fourth-order valence-electron chi connectivity index (χ4n) is 3.39. The fourth-order valence-corrected chi connectivity index (χ4v) is 3.39. The van der Waals surface area contributed by atoms with E-state index in [0.29, 0.717) is 11.4 Å². The highest BCUT2D eigenvalue weighted by atomic mass is 19.4. The highest BCUT2D eigenvalue weighted by Gasteiger charge is 2.44. The Hall–Kier alpha value is -3.28. The van der Waals surface area contributed by atoms with Crippen LogP contribution in [0.15, 0.2) is 72.3 Å². The van der Waals surface area contributed by atoms with Gasteiger partial charge in [0, 0.05) is 16.6 Å². The summed E-state index contributed by atoms with van der Waals surface area (Å²) in [4.78, 5) is 13.5. The van der Waals surface area contributed by atoms with Gasteiger partial charge in [0.1, 0.15) is 5.76 Å². The number of anilines is 2. The number of hydrogen-bond acceptors (Lipinski definition) is 3. The summed E-state index contributed by atoms with van der Waals surface area (Å²) in [5.41, 5.74) is 0.760. The molecule has 0 radical (unpaired) electrons. The summed E-state index contributed by atoms with van der Waals surface area (Å²) in [5, 5.41) is 12.2. The Morgan fingerprint density at radius 3 is 2.30 bits per heavy atom. The van der Waals surface area contributed by atoms with Crippen LogP contribution < -0.4 is 4.90 Å². The number of nitrogens with zero attached hydrogens (tertiary/aromatic N) is 1. The van der Waals surface area contributed by atoms with E-state index >= 15 is 0 Å². The summed E-state index contributed by atoms with van der Waals surface area (Å²) in [5.74, 6) is -2.65. The number of Topliss-reactive ketones (excluding diaryl/α,β-unsaturated/α-hetero) is 1. The van der Waals surface area contributed by atoms with Crippen molar-refractivity contribution in [3.63, 3.8) is 0 Å². The minimum Gasteiger partial charge on any atom is -0.507 e. The number of carbonyl (C=O) groups excluding carboxylic acids is 1. The number of rotatable bonds is 2. The molecule has 1 heterocycles. The Kier molecular flexibility index (Phi) is 3.91. The number of benzene rings is 3. The zero-order valence-electron chi connectivity index (χ0n) is 14.0. The molecule has 1 aliphatic rings. The van der Waals surface area contributed by atoms with Crippen LogP contribution in [0.4, 0.5) is 24.5 Å². The van der Waals surface area contributed by atoms with Gasteiger partial charge in [0.2, 0.25) is 0 Å². The quantitative estimate of drug-likeness (QED) is 0.658. The normalized spacial score (nSPS) is 14.4. The Bertz CT molecular complexity index is 1070. The monoisotopic (exact) mass is 369 g/mol. The maximum atomic E-state index is 13.1. The Morgan fingerprint density at radius 2 is 1.59 bits per heavy atom. The molecule has 0 unspecified atom stereocenters. The first kappa shape index (κ1) is 17.1. The summed E-state index contributed by atoms with van der Waals surface area (Å²) in [6, 6.07) is 19.5. The second-order valence-corrected chi connectivity index (χ2v) is 6.26. The van der Waals surface area contributed by atoms with Crippen LogP contribution in [0.5, 0.6) is 0 Å². The van der Waals surface area contributed by atoms with E-state index < -0.39 is 23.3 Å². The van der Waals surface area contributed by atoms with E-state index in [1.54, 1.807) is 47.4 Å². The molecule has 0 saturated carbocycles. The Balaban J connectivity index is 2.01. The van der Waals surface area contributed by atoms with Crippen LogP contribution >= 0.6 is 0 Å². The van der Waals surface area contributed by atoms with E-state index in [1.807, 2.05) is 24.3 Å². The zero-order valence-corrected chi connectivity index (χ0v) is 14.0. The fraction of sp³-hybridized carbons (Fsp3) is 0.0952. The second kappa shape index (κ2) is 6.16. The molecule has 3 aromatic rings. The molecule has 0 aliphatic carbocycles. The van der Waals surface area contributed by atoms with Crippen molar-refractivity contribution in [3.05, 3.63) is 77.9 Å². The summed E-state index contributed by atoms with van der Waals surface area (Å²) >= 11 is 0. The lowest BCUT2D eigenvalue weighted by Crippen LogP contribution is -2.34. The molecule has 4 rings (SSSR count). The van der Waals surface area contributed by atoms with Crippen molar-refractivity contribution >= 4 is 33.7 Å². The highest BCUT2D eigenvalue weighted by Crippen LogP contribution is 2.43. The number of ketones is 1. The maximum Gasteiger partial charge on any atom is 0.454 e. The van der Waals surface area contributed by atoms with E-state index in [2.05, 4.69) is 0 Å². The van der Waals surface area contributed by atoms with Crippen LogP contribution in [-0.2, 0) is 4.79 Å². The summed E-state index contributed by atoms with van der Waals surface area (Å²) in [7, 11) is 0. The van der Waals surface area contributed by atoms with Crippen LogP contribution in [0.25, 0.3) is 16.5 Å². The van der Waals surface area contributed by atoms with Gasteiger partial charge in [0.05, 0.1) is 17.8 Å². The van der Waals surface area contributed by atoms with Crippen molar-refractivity contribution in [2.24, 2.45) is 0 Å². The largest absolute Gasteiger partial charge is 0.507 e. The molecule has 3 aromatic carbocycles. The molecule has 0 saturated heterocycles. The van der Waals surface area contributed by atoms with Crippen molar-refractivity contribution in [1.82, 2.24) is 0 Å². The Labute approximate surface area is 153 Å². The number of aliphatic hydroxyl groups is 1. The lowest BCUT2D eigenvalue weighted by Gasteiger charge is -2.33. The van der Waals surface area contributed by atoms with E-state index in [9.17, 15) is 23.1 Å². The average molecular weight is 369 g/mol. The molecule has 0 spiro atoms. The third-order valence-corrected chi connectivity index (χ3v) is 4.63. The predicted octanol–water partition coefficient (Wildman–Crippen LogP) is 5.39. The van der Waals surface area contributed by atoms with Gasteiger partial charge in [-0.25, -0.2) is 0 Å². The lowest BCUT2D eigenvalue weighted by atomic mass is 9.93. The number of para-hydroxylation sites is 1. The maximum absolute atomic E-state index is 13.1. The van der Waals surface area contributed by atoms with E-state index in [0.717, 1.165) is 10.8 Å². The second-order valence-electron chi connectivity index (χ2n) is 6.26. The van der Waals surface area contributed by atoms with Gasteiger partial charge in [-0.15, -0.1) is 0 Å². The van der Waals surface area contributed by atoms with Gasteiger partial charge in [0.25, 0.3) is 5.78 Å². The van der Waals surface area contributed by atoms with Crippen LogP contribution in [0.3, 0.4) is 0 Å². The number of aliphatic hydroxyl groups excluding tert-OH is 1. The van der Waals surface area contributed by atoms with Gasteiger partial charge >= 0.3 is 6.18 Å². The summed E-state index contributed by atoms with van der Waals surface area (Å²) in [6.07, 6.45) is -5.06. The molecular formula is C21H14F3NO2. The molecular weight excluding hydrogens is 355 g/mol. The summed E-state index contributed by atoms with van der Waals surface area (Å²) < 4.78 is 39.2. The van der Waals surface area contributed by atoms with Crippen molar-refractivity contribution in [3.8, 4) is 0 Å². The number of alkyl halides is 3. The molecule has 1 N–H and O–H groups in total. The molecule has 3 nitrogen and oxygen atoms in total. The molecule has 136 valence electrons. The number of carbonyl (C=O) groups is 1. The van der Waals surface area contributed by atoms with E-state index in [4.69, 9.17) is 0 Å². The van der Waals surface area contributed by atoms with Crippen molar-refractivity contribution in [1.29, 1.82) is 0 Å². The Morgan fingerprint density at radius 1 is 0.926 bits per heavy atom. The van der Waals surface area contributed by atoms with Crippen LogP contribution in [0.2, 0.25) is 0 Å². The first-order valence-corrected chi connectivity index (χ1v) is 8.26.